The molecule has 0 radical (unpaired) electrons. The third-order valence-electron chi connectivity index (χ3n) is 5.16. The van der Waals surface area contributed by atoms with Crippen molar-refractivity contribution in [3.8, 4) is 11.4 Å². The number of imidazole rings is 1. The average molecular weight is 461 g/mol. The summed E-state index contributed by atoms with van der Waals surface area (Å²) in [4.78, 5) is 36.9. The lowest BCUT2D eigenvalue weighted by Gasteiger charge is -2.10. The molecule has 32 heavy (non-hydrogen) atoms. The van der Waals surface area contributed by atoms with Crippen LogP contribution in [0.15, 0.2) is 38.4 Å². The molecule has 0 unspecified atom stereocenters. The number of aromatic nitrogens is 6. The number of nitrogens with zero attached hydrogens (tertiary/aromatic N) is 5. The maximum absolute atomic E-state index is 13.1. The minimum atomic E-state index is -0.437. The van der Waals surface area contributed by atoms with E-state index < -0.39 is 11.2 Å². The van der Waals surface area contributed by atoms with Gasteiger partial charge >= 0.3 is 5.69 Å². The minimum absolute atomic E-state index is 0.0767. The second kappa shape index (κ2) is 9.47. The highest BCUT2D eigenvalue weighted by atomic mass is 35.5. The first-order valence-electron chi connectivity index (χ1n) is 10.4. The Morgan fingerprint density at radius 2 is 1.81 bits per heavy atom. The third kappa shape index (κ3) is 4.50. The minimum Gasteiger partial charge on any atom is -0.339 e. The van der Waals surface area contributed by atoms with Crippen molar-refractivity contribution < 1.29 is 8.91 Å². The number of nitrogens with one attached hydrogen (secondary N) is 1. The number of rotatable bonds is 9. The number of benzene rings is 1. The Kier molecular flexibility index (Phi) is 6.50. The van der Waals surface area contributed by atoms with Crippen molar-refractivity contribution in [3.05, 3.63) is 62.1 Å². The van der Waals surface area contributed by atoms with Gasteiger partial charge in [-0.15, -0.1) is 0 Å². The van der Waals surface area contributed by atoms with Crippen molar-refractivity contribution in [3.63, 3.8) is 0 Å². The summed E-state index contributed by atoms with van der Waals surface area (Å²) in [7, 11) is 0. The number of fused-ring (bicyclic) bond motifs is 1. The van der Waals surface area contributed by atoms with Crippen LogP contribution in [-0.4, -0.2) is 29.2 Å². The molecule has 4 rings (SSSR count). The summed E-state index contributed by atoms with van der Waals surface area (Å²) in [5, 5.41) is 3.99. The monoisotopic (exact) mass is 460 g/mol. The first-order chi connectivity index (χ1) is 15.5. The van der Waals surface area contributed by atoms with Crippen LogP contribution in [0.25, 0.3) is 22.6 Å². The van der Waals surface area contributed by atoms with Crippen molar-refractivity contribution in [2.24, 2.45) is 0 Å². The van der Waals surface area contributed by atoms with Gasteiger partial charge in [-0.3, -0.25) is 13.9 Å². The molecule has 1 N–H and O–H groups in total. The smallest absolute Gasteiger partial charge is 0.332 e. The molecule has 168 valence electrons. The van der Waals surface area contributed by atoms with E-state index in [1.165, 1.54) is 21.3 Å². The van der Waals surface area contributed by atoms with Crippen LogP contribution in [0.4, 0.5) is 4.39 Å². The predicted octanol–water partition coefficient (Wildman–Crippen LogP) is 3.55. The summed E-state index contributed by atoms with van der Waals surface area (Å²) in [5.74, 6) is 0.487. The summed E-state index contributed by atoms with van der Waals surface area (Å²) in [6.07, 6.45) is 3.36. The van der Waals surface area contributed by atoms with Gasteiger partial charge in [-0.25, -0.2) is 9.18 Å². The lowest BCUT2D eigenvalue weighted by molar-refractivity contribution is 0.372. The first-order valence-corrected chi connectivity index (χ1v) is 10.8. The van der Waals surface area contributed by atoms with E-state index >= 15 is 0 Å². The van der Waals surface area contributed by atoms with Crippen molar-refractivity contribution in [1.29, 1.82) is 0 Å². The maximum atomic E-state index is 13.1. The molecule has 0 bridgehead atoms. The molecule has 0 atom stereocenters. The molecular weight excluding hydrogens is 439 g/mol. The van der Waals surface area contributed by atoms with E-state index in [9.17, 15) is 14.0 Å². The molecule has 0 aliphatic rings. The molecule has 0 saturated heterocycles. The van der Waals surface area contributed by atoms with Crippen molar-refractivity contribution in [1.82, 2.24) is 29.2 Å². The van der Waals surface area contributed by atoms with E-state index in [4.69, 9.17) is 16.1 Å². The number of aromatic amines is 1. The summed E-state index contributed by atoms with van der Waals surface area (Å²) in [5.41, 5.74) is 0.344. The molecule has 4 aromatic rings. The molecule has 9 nitrogen and oxygen atoms in total. The zero-order valence-corrected chi connectivity index (χ0v) is 18.2. The zero-order chi connectivity index (χ0) is 22.7. The normalized spacial score (nSPS) is 11.5. The Hall–Kier alpha value is -3.27. The fourth-order valence-electron chi connectivity index (χ4n) is 3.47. The quantitative estimate of drug-likeness (QED) is 0.302. The first kappa shape index (κ1) is 21.9. The Labute approximate surface area is 186 Å². The SMILES string of the molecule is CCCCn1c(=O)n(CCCCc2nc(-c3ccc(F)cc3)no2)c(=O)c2[nH]c(Cl)nc21. The van der Waals surface area contributed by atoms with Gasteiger partial charge in [0.05, 0.1) is 0 Å². The molecular formula is C21H22ClFN6O3. The second-order valence-electron chi connectivity index (χ2n) is 7.45. The Morgan fingerprint density at radius 3 is 2.56 bits per heavy atom. The van der Waals surface area contributed by atoms with Crippen LogP contribution in [0.2, 0.25) is 5.28 Å². The number of unbranched alkanes of at least 4 members (excludes halogenated alkanes) is 2. The van der Waals surface area contributed by atoms with Gasteiger partial charge in [0, 0.05) is 25.1 Å². The molecule has 1 aromatic carbocycles. The van der Waals surface area contributed by atoms with Gasteiger partial charge in [0.1, 0.15) is 5.82 Å². The maximum Gasteiger partial charge on any atom is 0.332 e. The topological polar surface area (TPSA) is 112 Å². The lowest BCUT2D eigenvalue weighted by Crippen LogP contribution is -2.40. The van der Waals surface area contributed by atoms with Crippen LogP contribution in [0.1, 0.15) is 38.5 Å². The van der Waals surface area contributed by atoms with Crippen LogP contribution in [0.3, 0.4) is 0 Å². The molecule has 3 heterocycles. The largest absolute Gasteiger partial charge is 0.339 e. The number of hydrogen-bond donors (Lipinski definition) is 1. The van der Waals surface area contributed by atoms with E-state index in [-0.39, 0.29) is 28.8 Å². The van der Waals surface area contributed by atoms with Gasteiger partial charge in [-0.1, -0.05) is 18.5 Å². The van der Waals surface area contributed by atoms with E-state index in [0.717, 1.165) is 12.8 Å². The second-order valence-corrected chi connectivity index (χ2v) is 7.80. The van der Waals surface area contributed by atoms with E-state index in [1.807, 2.05) is 6.92 Å². The average Bonchev–Trinajstić information content (AvgIpc) is 3.40. The number of hydrogen-bond acceptors (Lipinski definition) is 6. The number of halogens is 2. The zero-order valence-electron chi connectivity index (χ0n) is 17.5. The van der Waals surface area contributed by atoms with Gasteiger partial charge < -0.3 is 9.51 Å². The van der Waals surface area contributed by atoms with Gasteiger partial charge in [0.15, 0.2) is 11.2 Å². The van der Waals surface area contributed by atoms with Gasteiger partial charge in [0.2, 0.25) is 17.0 Å². The summed E-state index contributed by atoms with van der Waals surface area (Å²) < 4.78 is 21.0. The molecule has 0 amide bonds. The molecule has 0 fully saturated rings. The summed E-state index contributed by atoms with van der Waals surface area (Å²) in [6.45, 7) is 2.73. The molecule has 0 saturated carbocycles. The van der Waals surface area contributed by atoms with E-state index in [2.05, 4.69) is 20.1 Å². The molecule has 0 aliphatic carbocycles. The van der Waals surface area contributed by atoms with Crippen LogP contribution in [0.5, 0.6) is 0 Å². The highest BCUT2D eigenvalue weighted by molar-refractivity contribution is 6.28. The van der Waals surface area contributed by atoms with Crippen LogP contribution >= 0.6 is 11.6 Å². The molecule has 0 spiro atoms. The summed E-state index contributed by atoms with van der Waals surface area (Å²) >= 11 is 5.94. The van der Waals surface area contributed by atoms with Crippen molar-refractivity contribution in [2.75, 3.05) is 0 Å². The van der Waals surface area contributed by atoms with Gasteiger partial charge in [-0.2, -0.15) is 9.97 Å². The number of aryl methyl sites for hydroxylation is 2. The molecule has 3 aromatic heterocycles. The van der Waals surface area contributed by atoms with Crippen LogP contribution in [0, 0.1) is 5.82 Å². The predicted molar refractivity (Wildman–Crippen MR) is 117 cm³/mol. The number of H-pyrrole nitrogens is 1. The van der Waals surface area contributed by atoms with Crippen LogP contribution < -0.4 is 11.2 Å². The highest BCUT2D eigenvalue weighted by Crippen LogP contribution is 2.17. The standard InChI is InChI=1S/C21H22ClFN6O3/c1-2-3-11-28-18-16(25-20(22)26-18)19(30)29(21(28)31)12-5-4-6-15-24-17(27-32-15)13-7-9-14(23)10-8-13/h7-10H,2-6,11-12H2,1H3,(H,25,26). The summed E-state index contributed by atoms with van der Waals surface area (Å²) in [6, 6.07) is 5.83. The van der Waals surface area contributed by atoms with E-state index in [0.29, 0.717) is 43.1 Å². The molecule has 11 heteroatoms. The van der Waals surface area contributed by atoms with Gasteiger partial charge in [-0.05, 0) is 55.1 Å². The Morgan fingerprint density at radius 1 is 1.06 bits per heavy atom. The third-order valence-corrected chi connectivity index (χ3v) is 5.34. The van der Waals surface area contributed by atoms with E-state index in [1.54, 1.807) is 12.1 Å². The Balaban J connectivity index is 1.45. The van der Waals surface area contributed by atoms with Crippen LogP contribution in [-0.2, 0) is 19.5 Å². The Bertz CT molecular complexity index is 1340. The molecule has 0 aliphatic heterocycles. The highest BCUT2D eigenvalue weighted by Gasteiger charge is 2.17. The van der Waals surface area contributed by atoms with Crippen molar-refractivity contribution in [2.45, 2.75) is 52.1 Å². The lowest BCUT2D eigenvalue weighted by atomic mass is 10.2. The van der Waals surface area contributed by atoms with Crippen molar-refractivity contribution >= 4 is 22.8 Å². The van der Waals surface area contributed by atoms with Gasteiger partial charge in [0.25, 0.3) is 5.56 Å². The fraction of sp³-hybridized carbons (Fsp3) is 0.381. The fourth-order valence-corrected chi connectivity index (χ4v) is 3.65.